The average molecular weight is 473 g/mol. The summed E-state index contributed by atoms with van der Waals surface area (Å²) in [6, 6.07) is 19.1. The summed E-state index contributed by atoms with van der Waals surface area (Å²) in [5.41, 5.74) is 2.50. The van der Waals surface area contributed by atoms with Crippen molar-refractivity contribution in [1.29, 1.82) is 0 Å². The summed E-state index contributed by atoms with van der Waals surface area (Å²) < 4.78 is 58.3. The fourth-order valence-electron chi connectivity index (χ4n) is 3.81. The summed E-state index contributed by atoms with van der Waals surface area (Å²) in [6.07, 6.45) is -3.35. The van der Waals surface area contributed by atoms with Crippen LogP contribution in [0.5, 0.6) is 5.75 Å². The van der Waals surface area contributed by atoms with E-state index in [1.54, 1.807) is 19.2 Å². The van der Waals surface area contributed by atoms with Crippen LogP contribution in [0.4, 0.5) is 17.6 Å². The minimum absolute atomic E-state index is 0.143. The van der Waals surface area contributed by atoms with Crippen molar-refractivity contribution in [2.24, 2.45) is 0 Å². The van der Waals surface area contributed by atoms with Gasteiger partial charge in [-0.1, -0.05) is 55.1 Å². The third-order valence-corrected chi connectivity index (χ3v) is 5.75. The van der Waals surface area contributed by atoms with Gasteiger partial charge in [-0.3, -0.25) is 5.32 Å². The number of alkyl halides is 3. The Morgan fingerprint density at radius 3 is 2.21 bits per heavy atom. The molecule has 3 aromatic rings. The average Bonchev–Trinajstić information content (AvgIpc) is 2.84. The first kappa shape index (κ1) is 25.3. The summed E-state index contributed by atoms with van der Waals surface area (Å²) in [6.45, 7) is 4.12. The van der Waals surface area contributed by atoms with Crippen molar-refractivity contribution in [3.8, 4) is 5.75 Å². The molecule has 0 aliphatic carbocycles. The van der Waals surface area contributed by atoms with Crippen LogP contribution in [-0.2, 0) is 12.6 Å². The molecular weight excluding hydrogens is 444 g/mol. The van der Waals surface area contributed by atoms with E-state index in [2.05, 4.69) is 17.2 Å². The van der Waals surface area contributed by atoms with E-state index < -0.39 is 17.6 Å². The lowest BCUT2D eigenvalue weighted by Gasteiger charge is -2.28. The first-order valence-electron chi connectivity index (χ1n) is 10.9. The molecule has 0 radical (unpaired) electrons. The van der Waals surface area contributed by atoms with Gasteiger partial charge in [0.1, 0.15) is 0 Å². The molecule has 2 N–H and O–H groups in total. The molecule has 34 heavy (non-hydrogen) atoms. The lowest BCUT2D eigenvalue weighted by molar-refractivity contribution is -0.137. The molecule has 0 heterocycles. The zero-order chi connectivity index (χ0) is 24.7. The Hall–Kier alpha value is -3.32. The van der Waals surface area contributed by atoms with Gasteiger partial charge in [0, 0.05) is 18.8 Å². The number of ether oxygens (including phenoxy) is 1. The lowest BCUT2D eigenvalue weighted by Crippen LogP contribution is -2.31. The number of hydrogen-bond donors (Lipinski definition) is 2. The van der Waals surface area contributed by atoms with E-state index >= 15 is 0 Å². The Balaban J connectivity index is 1.88. The molecule has 7 heteroatoms. The topological polar surface area (TPSA) is 33.3 Å². The highest BCUT2D eigenvalue weighted by Gasteiger charge is 2.30. The van der Waals surface area contributed by atoms with Gasteiger partial charge in [-0.15, -0.1) is 0 Å². The van der Waals surface area contributed by atoms with Crippen LogP contribution in [0.1, 0.15) is 40.8 Å². The van der Waals surface area contributed by atoms with Crippen LogP contribution in [0.3, 0.4) is 0 Å². The fraction of sp³-hybridized carbons (Fsp3) is 0.259. The van der Waals surface area contributed by atoms with Gasteiger partial charge in [0.2, 0.25) is 0 Å². The van der Waals surface area contributed by atoms with Gasteiger partial charge in [0.25, 0.3) is 0 Å². The van der Waals surface area contributed by atoms with Crippen molar-refractivity contribution < 1.29 is 22.3 Å². The van der Waals surface area contributed by atoms with Gasteiger partial charge < -0.3 is 10.1 Å². The molecule has 0 saturated heterocycles. The molecule has 0 aliphatic heterocycles. The van der Waals surface area contributed by atoms with Gasteiger partial charge in [0.15, 0.2) is 11.6 Å². The molecule has 2 atom stereocenters. The SMILES string of the molecule is C=C(NC)[C@H](NC(CCc1ccc(C(F)(F)F)cc1)c1ccc(OC)c(F)c1)c1ccccc1. The Morgan fingerprint density at radius 2 is 1.65 bits per heavy atom. The van der Waals surface area contributed by atoms with Crippen molar-refractivity contribution in [1.82, 2.24) is 10.6 Å². The molecule has 3 rings (SSSR count). The predicted molar refractivity (Wildman–Crippen MR) is 126 cm³/mol. The van der Waals surface area contributed by atoms with Gasteiger partial charge in [-0.25, -0.2) is 4.39 Å². The number of halogens is 4. The summed E-state index contributed by atoms with van der Waals surface area (Å²) in [5, 5.41) is 6.64. The zero-order valence-electron chi connectivity index (χ0n) is 19.1. The summed E-state index contributed by atoms with van der Waals surface area (Å²) in [4.78, 5) is 0. The molecule has 0 bridgehead atoms. The van der Waals surface area contributed by atoms with E-state index in [0.29, 0.717) is 18.4 Å². The van der Waals surface area contributed by atoms with E-state index in [9.17, 15) is 17.6 Å². The molecular formula is C27H28F4N2O. The molecule has 0 aromatic heterocycles. The number of rotatable bonds is 10. The predicted octanol–water partition coefficient (Wildman–Crippen LogP) is 6.59. The summed E-state index contributed by atoms with van der Waals surface area (Å²) in [7, 11) is 3.19. The van der Waals surface area contributed by atoms with E-state index in [4.69, 9.17) is 4.74 Å². The normalized spacial score (nSPS) is 13.2. The minimum Gasteiger partial charge on any atom is -0.494 e. The van der Waals surface area contributed by atoms with Crippen LogP contribution in [-0.4, -0.2) is 14.2 Å². The molecule has 0 aliphatic rings. The van der Waals surface area contributed by atoms with Crippen LogP contribution < -0.4 is 15.4 Å². The van der Waals surface area contributed by atoms with Gasteiger partial charge >= 0.3 is 6.18 Å². The molecule has 0 amide bonds. The highest BCUT2D eigenvalue weighted by molar-refractivity contribution is 5.33. The number of aryl methyl sites for hydroxylation is 1. The first-order valence-corrected chi connectivity index (χ1v) is 10.9. The van der Waals surface area contributed by atoms with Crippen molar-refractivity contribution >= 4 is 0 Å². The van der Waals surface area contributed by atoms with Crippen molar-refractivity contribution in [2.45, 2.75) is 31.1 Å². The van der Waals surface area contributed by atoms with Crippen molar-refractivity contribution in [3.05, 3.63) is 113 Å². The molecule has 0 saturated carbocycles. The highest BCUT2D eigenvalue weighted by atomic mass is 19.4. The van der Waals surface area contributed by atoms with Crippen LogP contribution in [0, 0.1) is 5.82 Å². The lowest BCUT2D eigenvalue weighted by atomic mass is 9.95. The second kappa shape index (κ2) is 11.2. The molecule has 3 aromatic carbocycles. The van der Waals surface area contributed by atoms with Crippen LogP contribution >= 0.6 is 0 Å². The number of likely N-dealkylation sites (N-methyl/N-ethyl adjacent to an activating group) is 1. The fourth-order valence-corrected chi connectivity index (χ4v) is 3.81. The van der Waals surface area contributed by atoms with Gasteiger partial charge in [-0.2, -0.15) is 13.2 Å². The smallest absolute Gasteiger partial charge is 0.416 e. The van der Waals surface area contributed by atoms with Crippen molar-refractivity contribution in [3.63, 3.8) is 0 Å². The highest BCUT2D eigenvalue weighted by Crippen LogP contribution is 2.31. The molecule has 1 unspecified atom stereocenters. The quantitative estimate of drug-likeness (QED) is 0.327. The second-order valence-corrected chi connectivity index (χ2v) is 7.97. The first-order chi connectivity index (χ1) is 16.2. The Labute approximate surface area is 197 Å². The summed E-state index contributed by atoms with van der Waals surface area (Å²) >= 11 is 0. The van der Waals surface area contributed by atoms with E-state index in [1.807, 2.05) is 30.3 Å². The standard InChI is InChI=1S/C27H28F4N2O/c1-18(32-2)26(20-7-5-4-6-8-20)33-24(21-12-16-25(34-3)23(28)17-21)15-11-19-9-13-22(14-10-19)27(29,30)31/h4-10,12-14,16-17,24,26,32-33H,1,11,15H2,2-3H3/t24?,26-/m0/s1. The van der Waals surface area contributed by atoms with Gasteiger partial charge in [0.05, 0.1) is 18.7 Å². The Morgan fingerprint density at radius 1 is 0.971 bits per heavy atom. The number of benzene rings is 3. The molecule has 3 nitrogen and oxygen atoms in total. The summed E-state index contributed by atoms with van der Waals surface area (Å²) in [5.74, 6) is -0.338. The Kier molecular flexibility index (Phi) is 8.34. The van der Waals surface area contributed by atoms with Crippen LogP contribution in [0.2, 0.25) is 0 Å². The number of hydrogen-bond acceptors (Lipinski definition) is 3. The molecule has 0 spiro atoms. The van der Waals surface area contributed by atoms with E-state index in [1.165, 1.54) is 25.3 Å². The zero-order valence-corrected chi connectivity index (χ0v) is 19.1. The Bertz CT molecular complexity index is 1080. The van der Waals surface area contributed by atoms with E-state index in [-0.39, 0.29) is 17.8 Å². The number of methoxy groups -OCH3 is 1. The van der Waals surface area contributed by atoms with Gasteiger partial charge in [-0.05, 0) is 53.8 Å². The largest absolute Gasteiger partial charge is 0.494 e. The number of nitrogens with one attached hydrogen (secondary N) is 2. The van der Waals surface area contributed by atoms with Crippen LogP contribution in [0.15, 0.2) is 85.1 Å². The maximum absolute atomic E-state index is 14.5. The third kappa shape index (κ3) is 6.38. The maximum atomic E-state index is 14.5. The van der Waals surface area contributed by atoms with Crippen LogP contribution in [0.25, 0.3) is 0 Å². The third-order valence-electron chi connectivity index (χ3n) is 5.75. The van der Waals surface area contributed by atoms with Crippen molar-refractivity contribution in [2.75, 3.05) is 14.2 Å². The molecule has 180 valence electrons. The molecule has 0 fully saturated rings. The second-order valence-electron chi connectivity index (χ2n) is 7.97. The van der Waals surface area contributed by atoms with E-state index in [0.717, 1.165) is 29.0 Å². The monoisotopic (exact) mass is 472 g/mol. The minimum atomic E-state index is -4.38. The maximum Gasteiger partial charge on any atom is 0.416 e.